The van der Waals surface area contributed by atoms with E-state index < -0.39 is 21.8 Å². The third kappa shape index (κ3) is 3.73. The first-order valence-electron chi connectivity index (χ1n) is 7.45. The van der Waals surface area contributed by atoms with Gasteiger partial charge >= 0.3 is 146 Å². The number of benzene rings is 3. The Kier molecular flexibility index (Phi) is 5.30. The summed E-state index contributed by atoms with van der Waals surface area (Å²) in [6, 6.07) is 28.0. The summed E-state index contributed by atoms with van der Waals surface area (Å²) >= 11 is -2.26. The van der Waals surface area contributed by atoms with Crippen molar-refractivity contribution >= 4 is 31.6 Å². The van der Waals surface area contributed by atoms with Crippen LogP contribution in [0.1, 0.15) is 0 Å². The van der Waals surface area contributed by atoms with Gasteiger partial charge in [-0.25, -0.2) is 0 Å². The number of ether oxygens (including phenoxy) is 2. The summed E-state index contributed by atoms with van der Waals surface area (Å²) in [5, 5.41) is 0. The number of rotatable bonds is 5. The van der Waals surface area contributed by atoms with Gasteiger partial charge in [0.1, 0.15) is 0 Å². The van der Waals surface area contributed by atoms with Gasteiger partial charge in [0.2, 0.25) is 0 Å². The molecule has 0 amide bonds. The molecule has 0 atom stereocenters. The van der Waals surface area contributed by atoms with E-state index >= 15 is 0 Å². The minimum absolute atomic E-state index is 0.903. The third-order valence-corrected chi connectivity index (χ3v) is 13.2. The van der Waals surface area contributed by atoms with E-state index in [1.54, 1.807) is 14.2 Å². The van der Waals surface area contributed by atoms with Crippen LogP contribution in [0.2, 0.25) is 0 Å². The Labute approximate surface area is 145 Å². The number of methoxy groups -OCH3 is 2. The molecule has 0 saturated carbocycles. The predicted molar refractivity (Wildman–Crippen MR) is 97.1 cm³/mol. The zero-order chi connectivity index (χ0) is 16.1. The predicted octanol–water partition coefficient (Wildman–Crippen LogP) is 2.22. The van der Waals surface area contributed by atoms with Gasteiger partial charge in [-0.1, -0.05) is 0 Å². The number of hydrogen-bond acceptors (Lipinski definition) is 2. The Balaban J connectivity index is 2.05. The molecule has 116 valence electrons. The summed E-state index contributed by atoms with van der Waals surface area (Å²) in [6.45, 7) is 0. The molecule has 0 spiro atoms. The summed E-state index contributed by atoms with van der Waals surface area (Å²) in [5.74, 6) is 1.81. The molecule has 0 aromatic heterocycles. The van der Waals surface area contributed by atoms with Crippen molar-refractivity contribution in [2.24, 2.45) is 0 Å². The molecule has 23 heavy (non-hydrogen) atoms. The van der Waals surface area contributed by atoms with Gasteiger partial charge in [-0.3, -0.25) is 0 Å². The first-order valence-corrected chi connectivity index (χ1v) is 12.7. The first kappa shape index (κ1) is 16.0. The molecule has 2 nitrogen and oxygen atoms in total. The molecule has 3 aromatic carbocycles. The van der Waals surface area contributed by atoms with Gasteiger partial charge < -0.3 is 0 Å². The van der Waals surface area contributed by atoms with Gasteiger partial charge in [0.25, 0.3) is 0 Å². The molecule has 0 saturated heterocycles. The van der Waals surface area contributed by atoms with Crippen molar-refractivity contribution in [2.45, 2.75) is 0 Å². The Morgan fingerprint density at radius 2 is 0.913 bits per heavy atom. The van der Waals surface area contributed by atoms with Crippen LogP contribution in [0.3, 0.4) is 0 Å². The first-order chi connectivity index (χ1) is 11.3. The second-order valence-corrected chi connectivity index (χ2v) is 13.7. The van der Waals surface area contributed by atoms with Gasteiger partial charge in [-0.05, 0) is 0 Å². The molecule has 3 aromatic rings. The van der Waals surface area contributed by atoms with Gasteiger partial charge in [0, 0.05) is 0 Å². The van der Waals surface area contributed by atoms with E-state index in [-0.39, 0.29) is 0 Å². The Morgan fingerprint density at radius 3 is 1.30 bits per heavy atom. The van der Waals surface area contributed by atoms with Crippen molar-refractivity contribution in [2.75, 3.05) is 14.2 Å². The third-order valence-electron chi connectivity index (χ3n) is 3.68. The maximum atomic E-state index is 5.30. The second kappa shape index (κ2) is 7.61. The van der Waals surface area contributed by atoms with Crippen molar-refractivity contribution in [3.63, 3.8) is 0 Å². The summed E-state index contributed by atoms with van der Waals surface area (Å²) < 4.78 is 14.9. The molecule has 3 heteroatoms. The summed E-state index contributed by atoms with van der Waals surface area (Å²) in [6.07, 6.45) is 0. The molecule has 3 rings (SSSR count). The standard InChI is InChI=1S/2C7H7O.C6H5.Bi/c2*1-8-7-5-3-2-4-6-7;1-2-4-6-5-3-1;/h2*3-6H,1H3;1-5H;. The van der Waals surface area contributed by atoms with Gasteiger partial charge in [-0.15, -0.1) is 0 Å². The second-order valence-electron chi connectivity index (χ2n) is 5.07. The van der Waals surface area contributed by atoms with Crippen LogP contribution in [0.4, 0.5) is 0 Å². The SMILES string of the molecule is COc1cc[c]([Bi]([c]2ccccc2)[c]2ccc(OC)cc2)cc1. The monoisotopic (exact) mass is 500 g/mol. The molecule has 0 aliphatic carbocycles. The fraction of sp³-hybridized carbons (Fsp3) is 0.100. The van der Waals surface area contributed by atoms with Crippen LogP contribution in [0.15, 0.2) is 78.9 Å². The van der Waals surface area contributed by atoms with Crippen molar-refractivity contribution in [3.05, 3.63) is 78.9 Å². The molecule has 0 N–H and O–H groups in total. The fourth-order valence-electron chi connectivity index (χ4n) is 2.49. The topological polar surface area (TPSA) is 18.5 Å². The Morgan fingerprint density at radius 1 is 0.522 bits per heavy atom. The fourth-order valence-corrected chi connectivity index (χ4v) is 11.3. The molecule has 0 heterocycles. The van der Waals surface area contributed by atoms with Crippen LogP contribution in [-0.2, 0) is 0 Å². The van der Waals surface area contributed by atoms with Crippen LogP contribution in [0, 0.1) is 0 Å². The Hall–Kier alpha value is -1.86. The van der Waals surface area contributed by atoms with E-state index in [4.69, 9.17) is 9.47 Å². The van der Waals surface area contributed by atoms with Crippen LogP contribution in [-0.4, -0.2) is 36.0 Å². The normalized spacial score (nSPS) is 10.6. The van der Waals surface area contributed by atoms with E-state index in [0.29, 0.717) is 0 Å². The van der Waals surface area contributed by atoms with E-state index in [9.17, 15) is 0 Å². The van der Waals surface area contributed by atoms with E-state index in [0.717, 1.165) is 11.5 Å². The summed E-state index contributed by atoms with van der Waals surface area (Å²) in [5.41, 5.74) is 0. The van der Waals surface area contributed by atoms with E-state index in [1.165, 1.54) is 9.81 Å². The van der Waals surface area contributed by atoms with Crippen LogP contribution in [0.5, 0.6) is 11.5 Å². The van der Waals surface area contributed by atoms with Crippen molar-refractivity contribution in [1.82, 2.24) is 0 Å². The van der Waals surface area contributed by atoms with E-state index in [1.807, 2.05) is 0 Å². The molecule has 0 radical (unpaired) electrons. The molecule has 0 unspecified atom stereocenters. The quantitative estimate of drug-likeness (QED) is 0.501. The van der Waals surface area contributed by atoms with Crippen molar-refractivity contribution in [1.29, 1.82) is 0 Å². The van der Waals surface area contributed by atoms with Crippen LogP contribution in [0.25, 0.3) is 0 Å². The zero-order valence-electron chi connectivity index (χ0n) is 13.3. The molecule has 0 aliphatic heterocycles. The van der Waals surface area contributed by atoms with Crippen molar-refractivity contribution < 1.29 is 9.47 Å². The molecular formula is C20H19BiO2. The molecule has 0 bridgehead atoms. The van der Waals surface area contributed by atoms with Crippen molar-refractivity contribution in [3.8, 4) is 11.5 Å². The average molecular weight is 500 g/mol. The molecular weight excluding hydrogens is 481 g/mol. The average Bonchev–Trinajstić information content (AvgIpc) is 2.64. The molecule has 0 fully saturated rings. The maximum absolute atomic E-state index is 5.30. The van der Waals surface area contributed by atoms with Gasteiger partial charge in [0.05, 0.1) is 0 Å². The van der Waals surface area contributed by atoms with Gasteiger partial charge in [0.15, 0.2) is 0 Å². The van der Waals surface area contributed by atoms with E-state index in [2.05, 4.69) is 78.9 Å². The molecule has 0 aliphatic rings. The summed E-state index contributed by atoms with van der Waals surface area (Å²) in [7, 11) is 3.41. The minimum atomic E-state index is -2.26. The zero-order valence-corrected chi connectivity index (χ0v) is 16.7. The summed E-state index contributed by atoms with van der Waals surface area (Å²) in [4.78, 5) is 0. The van der Waals surface area contributed by atoms with Gasteiger partial charge in [-0.2, -0.15) is 0 Å². The number of hydrogen-bond donors (Lipinski definition) is 0. The van der Waals surface area contributed by atoms with Crippen LogP contribution < -0.4 is 19.3 Å². The van der Waals surface area contributed by atoms with Crippen LogP contribution >= 0.6 is 0 Å². The Bertz CT molecular complexity index is 689.